The summed E-state index contributed by atoms with van der Waals surface area (Å²) in [6.07, 6.45) is 1.53. The number of nitrogens with zero attached hydrogens (tertiary/aromatic N) is 4. The van der Waals surface area contributed by atoms with Crippen molar-refractivity contribution in [2.75, 3.05) is 0 Å². The zero-order chi connectivity index (χ0) is 18.1. The summed E-state index contributed by atoms with van der Waals surface area (Å²) in [4.78, 5) is 28.4. The molecule has 1 atom stereocenters. The lowest BCUT2D eigenvalue weighted by Crippen LogP contribution is -2.34. The molecule has 0 radical (unpaired) electrons. The summed E-state index contributed by atoms with van der Waals surface area (Å²) in [5.74, 6) is -2.23. The van der Waals surface area contributed by atoms with Crippen LogP contribution in [0.2, 0.25) is 0 Å². The summed E-state index contributed by atoms with van der Waals surface area (Å²) in [7, 11) is 0. The van der Waals surface area contributed by atoms with Gasteiger partial charge in [-0.25, -0.2) is 27.6 Å². The quantitative estimate of drug-likeness (QED) is 0.773. The highest BCUT2D eigenvalue weighted by Gasteiger charge is 2.15. The molecule has 0 aliphatic carbocycles. The average molecular weight is 347 g/mol. The zero-order valence-corrected chi connectivity index (χ0v) is 13.5. The van der Waals surface area contributed by atoms with Crippen molar-refractivity contribution < 1.29 is 13.6 Å². The van der Waals surface area contributed by atoms with E-state index in [1.54, 1.807) is 19.9 Å². The second-order valence-corrected chi connectivity index (χ2v) is 5.64. The molecule has 1 N–H and O–H groups in total. The minimum absolute atomic E-state index is 0.200. The molecule has 0 saturated carbocycles. The fourth-order valence-corrected chi connectivity index (χ4v) is 2.38. The molecule has 0 spiro atoms. The van der Waals surface area contributed by atoms with Gasteiger partial charge in [0.15, 0.2) is 11.6 Å². The number of hydrogen-bond donors (Lipinski definition) is 1. The predicted octanol–water partition coefficient (Wildman–Crippen LogP) is 1.36. The van der Waals surface area contributed by atoms with Crippen LogP contribution >= 0.6 is 0 Å². The number of amides is 1. The first-order chi connectivity index (χ1) is 11.8. The Balaban J connectivity index is 1.75. The van der Waals surface area contributed by atoms with Crippen LogP contribution in [0.3, 0.4) is 0 Å². The van der Waals surface area contributed by atoms with Crippen molar-refractivity contribution in [1.82, 2.24) is 24.5 Å². The van der Waals surface area contributed by atoms with Crippen LogP contribution in [0.4, 0.5) is 8.78 Å². The molecule has 0 aliphatic heterocycles. The summed E-state index contributed by atoms with van der Waals surface area (Å²) in [5.41, 5.74) is 0.617. The van der Waals surface area contributed by atoms with Crippen molar-refractivity contribution in [2.45, 2.75) is 26.4 Å². The van der Waals surface area contributed by atoms with Gasteiger partial charge in [-0.1, -0.05) is 6.07 Å². The molecule has 7 nitrogen and oxygen atoms in total. The van der Waals surface area contributed by atoms with Gasteiger partial charge in [0, 0.05) is 11.9 Å². The van der Waals surface area contributed by atoms with Crippen LogP contribution in [-0.4, -0.2) is 25.1 Å². The lowest BCUT2D eigenvalue weighted by Gasteiger charge is -2.14. The molecular formula is C16H15F2N5O2. The van der Waals surface area contributed by atoms with E-state index in [0.29, 0.717) is 11.3 Å². The number of aryl methyl sites for hydroxylation is 1. The zero-order valence-electron chi connectivity index (χ0n) is 13.5. The standard InChI is InChI=1S/C16H15F2N5O2/c1-9-5-6-22-15(19-9)21-23(16(22)25)8-14(24)20-10(2)11-3-4-12(17)13(18)7-11/h3-7,10H,8H2,1-2H3,(H,20,24)/t10-/m0/s1. The van der Waals surface area contributed by atoms with E-state index >= 15 is 0 Å². The number of carbonyl (C=O) groups excluding carboxylic acids is 1. The summed E-state index contributed by atoms with van der Waals surface area (Å²) in [6, 6.07) is 4.49. The van der Waals surface area contributed by atoms with Crippen LogP contribution in [0.15, 0.2) is 35.3 Å². The second-order valence-electron chi connectivity index (χ2n) is 5.64. The van der Waals surface area contributed by atoms with E-state index in [-0.39, 0.29) is 12.3 Å². The molecule has 1 aromatic carbocycles. The largest absolute Gasteiger partial charge is 0.352 e. The van der Waals surface area contributed by atoms with E-state index in [0.717, 1.165) is 16.8 Å². The Morgan fingerprint density at radius 3 is 2.76 bits per heavy atom. The molecule has 130 valence electrons. The van der Waals surface area contributed by atoms with Crippen LogP contribution in [0.25, 0.3) is 5.78 Å². The number of nitrogens with one attached hydrogen (secondary N) is 1. The monoisotopic (exact) mass is 347 g/mol. The Morgan fingerprint density at radius 2 is 2.04 bits per heavy atom. The number of halogens is 2. The molecule has 9 heteroatoms. The molecule has 3 rings (SSSR count). The van der Waals surface area contributed by atoms with Gasteiger partial charge in [0.2, 0.25) is 5.91 Å². The molecule has 0 unspecified atom stereocenters. The molecule has 2 heterocycles. The highest BCUT2D eigenvalue weighted by Crippen LogP contribution is 2.15. The maximum absolute atomic E-state index is 13.3. The van der Waals surface area contributed by atoms with Gasteiger partial charge in [0.05, 0.1) is 6.04 Å². The molecule has 0 fully saturated rings. The van der Waals surface area contributed by atoms with Crippen molar-refractivity contribution in [1.29, 1.82) is 0 Å². The number of carbonyl (C=O) groups is 1. The minimum Gasteiger partial charge on any atom is -0.348 e. The van der Waals surface area contributed by atoms with E-state index < -0.39 is 29.3 Å². The Kier molecular flexibility index (Phi) is 4.30. The van der Waals surface area contributed by atoms with Crippen LogP contribution in [-0.2, 0) is 11.3 Å². The average Bonchev–Trinajstić information content (AvgIpc) is 2.85. The van der Waals surface area contributed by atoms with Crippen LogP contribution in [0.1, 0.15) is 24.2 Å². The van der Waals surface area contributed by atoms with E-state index in [1.165, 1.54) is 16.7 Å². The first kappa shape index (κ1) is 16.7. The topological polar surface area (TPSA) is 81.3 Å². The third kappa shape index (κ3) is 3.39. The molecule has 0 bridgehead atoms. The van der Waals surface area contributed by atoms with Crippen LogP contribution in [0.5, 0.6) is 0 Å². The number of fused-ring (bicyclic) bond motifs is 1. The van der Waals surface area contributed by atoms with Gasteiger partial charge in [-0.3, -0.25) is 4.79 Å². The Bertz CT molecular complexity index is 1010. The van der Waals surface area contributed by atoms with E-state index in [4.69, 9.17) is 0 Å². The first-order valence-electron chi connectivity index (χ1n) is 7.52. The smallest absolute Gasteiger partial charge is 0.348 e. The number of hydrogen-bond acceptors (Lipinski definition) is 4. The number of benzene rings is 1. The predicted molar refractivity (Wildman–Crippen MR) is 84.9 cm³/mol. The molecule has 0 aliphatic rings. The van der Waals surface area contributed by atoms with E-state index in [1.807, 2.05) is 0 Å². The SMILES string of the molecule is Cc1ccn2c(=O)n(CC(=O)N[C@@H](C)c3ccc(F)c(F)c3)nc2n1. The van der Waals surface area contributed by atoms with Gasteiger partial charge in [-0.05, 0) is 37.6 Å². The Morgan fingerprint density at radius 1 is 1.28 bits per heavy atom. The Hall–Kier alpha value is -3.10. The fourth-order valence-electron chi connectivity index (χ4n) is 2.38. The molecule has 3 aromatic rings. The maximum atomic E-state index is 13.3. The van der Waals surface area contributed by atoms with Crippen LogP contribution in [0, 0.1) is 18.6 Å². The van der Waals surface area contributed by atoms with Crippen molar-refractivity contribution >= 4 is 11.7 Å². The fraction of sp³-hybridized carbons (Fsp3) is 0.250. The third-order valence-corrected chi connectivity index (χ3v) is 3.71. The number of aromatic nitrogens is 4. The maximum Gasteiger partial charge on any atom is 0.352 e. The van der Waals surface area contributed by atoms with Gasteiger partial charge in [-0.15, -0.1) is 5.10 Å². The van der Waals surface area contributed by atoms with Crippen molar-refractivity contribution in [3.8, 4) is 0 Å². The Labute approximate surface area is 140 Å². The van der Waals surface area contributed by atoms with Gasteiger partial charge in [-0.2, -0.15) is 0 Å². The second kappa shape index (κ2) is 6.42. The van der Waals surface area contributed by atoms with Gasteiger partial charge in [0.25, 0.3) is 5.78 Å². The molecule has 0 saturated heterocycles. The molecule has 2 aromatic heterocycles. The first-order valence-corrected chi connectivity index (χ1v) is 7.52. The molecular weight excluding hydrogens is 332 g/mol. The third-order valence-electron chi connectivity index (χ3n) is 3.71. The van der Waals surface area contributed by atoms with Gasteiger partial charge >= 0.3 is 5.69 Å². The van der Waals surface area contributed by atoms with E-state index in [9.17, 15) is 18.4 Å². The highest BCUT2D eigenvalue weighted by atomic mass is 19.2. The highest BCUT2D eigenvalue weighted by molar-refractivity contribution is 5.76. The molecule has 1 amide bonds. The number of rotatable bonds is 4. The van der Waals surface area contributed by atoms with Gasteiger partial charge in [0.1, 0.15) is 6.54 Å². The van der Waals surface area contributed by atoms with Crippen molar-refractivity contribution in [3.63, 3.8) is 0 Å². The summed E-state index contributed by atoms with van der Waals surface area (Å²) < 4.78 is 28.5. The van der Waals surface area contributed by atoms with Gasteiger partial charge < -0.3 is 5.32 Å². The summed E-state index contributed by atoms with van der Waals surface area (Å²) >= 11 is 0. The van der Waals surface area contributed by atoms with Crippen LogP contribution < -0.4 is 11.0 Å². The van der Waals surface area contributed by atoms with Crippen molar-refractivity contribution in [3.05, 3.63) is 63.8 Å². The molecule has 25 heavy (non-hydrogen) atoms. The summed E-state index contributed by atoms with van der Waals surface area (Å²) in [5, 5.41) is 6.62. The lowest BCUT2D eigenvalue weighted by atomic mass is 10.1. The van der Waals surface area contributed by atoms with Crippen molar-refractivity contribution in [2.24, 2.45) is 0 Å². The lowest BCUT2D eigenvalue weighted by molar-refractivity contribution is -0.122. The normalized spacial score (nSPS) is 12.3. The minimum atomic E-state index is -0.989. The summed E-state index contributed by atoms with van der Waals surface area (Å²) in [6.45, 7) is 3.08. The van der Waals surface area contributed by atoms with E-state index in [2.05, 4.69) is 15.4 Å².